The van der Waals surface area contributed by atoms with Crippen molar-refractivity contribution in [2.24, 2.45) is 0 Å². The molecule has 1 N–H and O–H groups in total. The fourth-order valence-corrected chi connectivity index (χ4v) is 3.55. The van der Waals surface area contributed by atoms with Gasteiger partial charge >= 0.3 is 0 Å². The van der Waals surface area contributed by atoms with Crippen LogP contribution in [-0.4, -0.2) is 32.0 Å². The molecule has 1 heterocycles. The molecule has 1 saturated heterocycles. The number of sulfone groups is 1. The van der Waals surface area contributed by atoms with Gasteiger partial charge in [0.2, 0.25) is 0 Å². The minimum absolute atomic E-state index is 0.208. The summed E-state index contributed by atoms with van der Waals surface area (Å²) in [5.41, 5.74) is 0.208. The van der Waals surface area contributed by atoms with Gasteiger partial charge in [-0.1, -0.05) is 26.7 Å². The highest BCUT2D eigenvalue weighted by Crippen LogP contribution is 2.27. The Hall–Kier alpha value is -0.0900. The second-order valence-electron chi connectivity index (χ2n) is 5.21. The van der Waals surface area contributed by atoms with Crippen LogP contribution in [0, 0.1) is 0 Å². The summed E-state index contributed by atoms with van der Waals surface area (Å²) in [5, 5.41) is 3.65. The molecule has 3 nitrogen and oxygen atoms in total. The average Bonchev–Trinajstić information content (AvgIpc) is 2.55. The van der Waals surface area contributed by atoms with E-state index >= 15 is 0 Å². The lowest BCUT2D eigenvalue weighted by Gasteiger charge is -2.33. The molecule has 0 aromatic carbocycles. The van der Waals surface area contributed by atoms with E-state index in [0.29, 0.717) is 5.75 Å². The van der Waals surface area contributed by atoms with Crippen molar-refractivity contribution >= 4 is 9.84 Å². The zero-order valence-electron chi connectivity index (χ0n) is 11.3. The van der Waals surface area contributed by atoms with Gasteiger partial charge in [-0.05, 0) is 38.6 Å². The van der Waals surface area contributed by atoms with Crippen LogP contribution in [0.3, 0.4) is 0 Å². The summed E-state index contributed by atoms with van der Waals surface area (Å²) in [5.74, 6) is 0.631. The van der Waals surface area contributed by atoms with Crippen molar-refractivity contribution in [2.45, 2.75) is 64.3 Å². The molecule has 0 aromatic heterocycles. The predicted molar refractivity (Wildman–Crippen MR) is 73.1 cm³/mol. The highest BCUT2D eigenvalue weighted by atomic mass is 32.2. The highest BCUT2D eigenvalue weighted by molar-refractivity contribution is 7.91. The Morgan fingerprint density at radius 1 is 1.18 bits per heavy atom. The fourth-order valence-electron chi connectivity index (χ4n) is 2.67. The quantitative estimate of drug-likeness (QED) is 0.799. The maximum atomic E-state index is 11.5. The summed E-state index contributed by atoms with van der Waals surface area (Å²) in [6.07, 6.45) is 7.97. The molecular formula is C13H27NO2S. The van der Waals surface area contributed by atoms with Crippen molar-refractivity contribution in [3.63, 3.8) is 0 Å². The van der Waals surface area contributed by atoms with Crippen LogP contribution in [0.1, 0.15) is 58.8 Å². The first-order chi connectivity index (χ1) is 8.04. The maximum Gasteiger partial charge on any atom is 0.150 e. The molecule has 0 aliphatic carbocycles. The van der Waals surface area contributed by atoms with E-state index in [9.17, 15) is 8.42 Å². The lowest BCUT2D eigenvalue weighted by Crippen LogP contribution is -2.44. The van der Waals surface area contributed by atoms with Crippen LogP contribution in [-0.2, 0) is 9.84 Å². The van der Waals surface area contributed by atoms with E-state index in [0.717, 1.165) is 25.8 Å². The maximum absolute atomic E-state index is 11.5. The topological polar surface area (TPSA) is 46.2 Å². The Morgan fingerprint density at radius 2 is 1.94 bits per heavy atom. The summed E-state index contributed by atoms with van der Waals surface area (Å²) in [4.78, 5) is 0. The van der Waals surface area contributed by atoms with Gasteiger partial charge in [0.25, 0.3) is 0 Å². The third-order valence-corrected chi connectivity index (χ3v) is 5.85. The van der Waals surface area contributed by atoms with Crippen molar-refractivity contribution in [1.82, 2.24) is 5.32 Å². The van der Waals surface area contributed by atoms with Crippen molar-refractivity contribution < 1.29 is 8.42 Å². The van der Waals surface area contributed by atoms with Crippen LogP contribution < -0.4 is 5.32 Å². The number of hydrogen-bond donors (Lipinski definition) is 1. The Kier molecular flexibility index (Phi) is 5.93. The van der Waals surface area contributed by atoms with Crippen molar-refractivity contribution in [1.29, 1.82) is 0 Å². The molecular weight excluding hydrogens is 234 g/mol. The molecule has 1 aliphatic heterocycles. The summed E-state index contributed by atoms with van der Waals surface area (Å²) in [6, 6.07) is 0. The van der Waals surface area contributed by atoms with Gasteiger partial charge in [0.05, 0.1) is 5.75 Å². The Labute approximate surface area is 106 Å². The lowest BCUT2D eigenvalue weighted by molar-refractivity contribution is 0.281. The largest absolute Gasteiger partial charge is 0.311 e. The van der Waals surface area contributed by atoms with Crippen molar-refractivity contribution in [3.8, 4) is 0 Å². The molecule has 4 heteroatoms. The van der Waals surface area contributed by atoms with Crippen LogP contribution in [0.25, 0.3) is 0 Å². The molecule has 0 amide bonds. The SMILES string of the molecule is CCC1(CCCS(=O)(=O)CC)CCCCCN1. The van der Waals surface area contributed by atoms with Gasteiger partial charge in [0.15, 0.2) is 0 Å². The van der Waals surface area contributed by atoms with E-state index in [1.54, 1.807) is 6.92 Å². The minimum atomic E-state index is -2.79. The second-order valence-corrected chi connectivity index (χ2v) is 7.68. The number of rotatable bonds is 6. The van der Waals surface area contributed by atoms with E-state index in [2.05, 4.69) is 12.2 Å². The molecule has 1 aliphatic rings. The van der Waals surface area contributed by atoms with Crippen LogP contribution in [0.15, 0.2) is 0 Å². The Bertz CT molecular complexity index is 303. The van der Waals surface area contributed by atoms with E-state index in [1.165, 1.54) is 25.7 Å². The summed E-state index contributed by atoms with van der Waals surface area (Å²) in [6.45, 7) is 5.04. The first-order valence-electron chi connectivity index (χ1n) is 6.99. The zero-order chi connectivity index (χ0) is 12.8. The van der Waals surface area contributed by atoms with Gasteiger partial charge in [0.1, 0.15) is 9.84 Å². The molecule has 1 rings (SSSR count). The molecule has 1 unspecified atom stereocenters. The van der Waals surface area contributed by atoms with Gasteiger partial charge in [-0.25, -0.2) is 8.42 Å². The third kappa shape index (κ3) is 4.96. The van der Waals surface area contributed by atoms with Gasteiger partial charge in [-0.3, -0.25) is 0 Å². The molecule has 1 fully saturated rings. The van der Waals surface area contributed by atoms with Crippen LogP contribution in [0.5, 0.6) is 0 Å². The van der Waals surface area contributed by atoms with Crippen molar-refractivity contribution in [2.75, 3.05) is 18.1 Å². The zero-order valence-corrected chi connectivity index (χ0v) is 12.1. The predicted octanol–water partition coefficient (Wildman–Crippen LogP) is 2.51. The normalized spacial score (nSPS) is 26.7. The average molecular weight is 261 g/mol. The minimum Gasteiger partial charge on any atom is -0.311 e. The number of hydrogen-bond acceptors (Lipinski definition) is 3. The monoisotopic (exact) mass is 261 g/mol. The van der Waals surface area contributed by atoms with E-state index in [4.69, 9.17) is 0 Å². The molecule has 0 spiro atoms. The fraction of sp³-hybridized carbons (Fsp3) is 1.00. The molecule has 0 aromatic rings. The summed E-state index contributed by atoms with van der Waals surface area (Å²) < 4.78 is 23.0. The van der Waals surface area contributed by atoms with Crippen molar-refractivity contribution in [3.05, 3.63) is 0 Å². The summed E-state index contributed by atoms with van der Waals surface area (Å²) >= 11 is 0. The number of nitrogens with one attached hydrogen (secondary N) is 1. The van der Waals surface area contributed by atoms with Gasteiger partial charge in [-0.15, -0.1) is 0 Å². The molecule has 0 saturated carbocycles. The summed E-state index contributed by atoms with van der Waals surface area (Å²) in [7, 11) is -2.79. The molecule has 17 heavy (non-hydrogen) atoms. The Morgan fingerprint density at radius 3 is 2.59 bits per heavy atom. The first kappa shape index (κ1) is 15.0. The Balaban J connectivity index is 2.45. The molecule has 102 valence electrons. The first-order valence-corrected chi connectivity index (χ1v) is 8.81. The van der Waals surface area contributed by atoms with E-state index in [1.807, 2.05) is 0 Å². The van der Waals surface area contributed by atoms with Gasteiger partial charge in [0, 0.05) is 11.3 Å². The van der Waals surface area contributed by atoms with E-state index < -0.39 is 9.84 Å². The second kappa shape index (κ2) is 6.74. The van der Waals surface area contributed by atoms with Crippen LogP contribution >= 0.6 is 0 Å². The molecule has 1 atom stereocenters. The van der Waals surface area contributed by atoms with Gasteiger partial charge < -0.3 is 5.32 Å². The van der Waals surface area contributed by atoms with Crippen LogP contribution in [0.4, 0.5) is 0 Å². The molecule has 0 bridgehead atoms. The van der Waals surface area contributed by atoms with E-state index in [-0.39, 0.29) is 11.3 Å². The lowest BCUT2D eigenvalue weighted by atomic mass is 9.86. The third-order valence-electron chi connectivity index (χ3n) is 4.06. The smallest absolute Gasteiger partial charge is 0.150 e. The van der Waals surface area contributed by atoms with Crippen LogP contribution in [0.2, 0.25) is 0 Å². The highest BCUT2D eigenvalue weighted by Gasteiger charge is 2.28. The molecule has 0 radical (unpaired) electrons. The van der Waals surface area contributed by atoms with Gasteiger partial charge in [-0.2, -0.15) is 0 Å². The standard InChI is InChI=1S/C13H27NO2S/c1-3-13(9-6-5-7-11-14-13)10-8-12-17(15,16)4-2/h14H,3-12H2,1-2H3.